The summed E-state index contributed by atoms with van der Waals surface area (Å²) in [5.41, 5.74) is 2.83. The number of amidine groups is 1. The Morgan fingerprint density at radius 2 is 2.00 bits per heavy atom. The Labute approximate surface area is 114 Å². The van der Waals surface area contributed by atoms with Gasteiger partial charge in [0.2, 0.25) is 0 Å². The molecule has 0 spiro atoms. The molecule has 1 heterocycles. The van der Waals surface area contributed by atoms with Crippen LogP contribution in [-0.2, 0) is 9.63 Å². The third-order valence-corrected chi connectivity index (χ3v) is 1.83. The number of aliphatic imine (C=N–C) groups is 1. The molecule has 0 radical (unpaired) electrons. The van der Waals surface area contributed by atoms with Gasteiger partial charge in [0.15, 0.2) is 5.84 Å². The van der Waals surface area contributed by atoms with Crippen LogP contribution < -0.4 is 40.1 Å². The molecule has 0 aliphatic carbocycles. The Kier molecular flexibility index (Phi) is 4.54. The summed E-state index contributed by atoms with van der Waals surface area (Å²) in [6.07, 6.45) is 0.421. The van der Waals surface area contributed by atoms with Crippen molar-refractivity contribution in [3.63, 3.8) is 0 Å². The molecular weight excluding hydrogens is 219 g/mol. The second-order valence-corrected chi connectivity index (χ2v) is 2.82. The summed E-state index contributed by atoms with van der Waals surface area (Å²) in [7, 11) is 0. The molecule has 16 heavy (non-hydrogen) atoms. The van der Waals surface area contributed by atoms with Crippen LogP contribution in [0.15, 0.2) is 47.2 Å². The van der Waals surface area contributed by atoms with Crippen molar-refractivity contribution in [3.8, 4) is 0 Å². The van der Waals surface area contributed by atoms with Crippen LogP contribution in [0.2, 0.25) is 0 Å². The number of rotatable bonds is 1. The normalized spacial score (nSPS) is 19.1. The van der Waals surface area contributed by atoms with Crippen LogP contribution in [0, 0.1) is 0 Å². The van der Waals surface area contributed by atoms with Crippen molar-refractivity contribution in [1.29, 1.82) is 0 Å². The van der Waals surface area contributed by atoms with E-state index in [1.807, 2.05) is 6.07 Å². The minimum Gasteiger partial charge on any atom is -0.877 e. The molecule has 1 aromatic rings. The second kappa shape index (κ2) is 5.69. The number of hydrogen-bond donors (Lipinski definition) is 1. The molecule has 0 amide bonds. The van der Waals surface area contributed by atoms with Gasteiger partial charge in [0.25, 0.3) is 0 Å². The van der Waals surface area contributed by atoms with E-state index in [-0.39, 0.29) is 41.0 Å². The molecular formula is C10H7N2NaO3. The number of para-hydroxylation sites is 1. The smallest absolute Gasteiger partial charge is 0.877 e. The van der Waals surface area contributed by atoms with Gasteiger partial charge in [0.05, 0.1) is 11.3 Å². The third kappa shape index (κ3) is 2.63. The maximum atomic E-state index is 11.0. The van der Waals surface area contributed by atoms with E-state index in [1.165, 1.54) is 0 Å². The predicted molar refractivity (Wildman–Crippen MR) is 50.8 cm³/mol. The van der Waals surface area contributed by atoms with Gasteiger partial charge in [0, 0.05) is 0 Å². The number of nitrogens with one attached hydrogen (secondary N) is 1. The summed E-state index contributed by atoms with van der Waals surface area (Å²) >= 11 is 0. The van der Waals surface area contributed by atoms with Crippen LogP contribution >= 0.6 is 0 Å². The van der Waals surface area contributed by atoms with Crippen molar-refractivity contribution in [2.45, 2.75) is 0 Å². The molecule has 0 saturated carbocycles. The van der Waals surface area contributed by atoms with Gasteiger partial charge in [-0.2, -0.15) is 5.48 Å². The fourth-order valence-corrected chi connectivity index (χ4v) is 1.12. The monoisotopic (exact) mass is 226 g/mol. The minimum absolute atomic E-state index is 0. The van der Waals surface area contributed by atoms with E-state index in [0.29, 0.717) is 11.9 Å². The van der Waals surface area contributed by atoms with Gasteiger partial charge < -0.3 is 9.94 Å². The average Bonchev–Trinajstić information content (AvgIpc) is 2.61. The number of hydrogen-bond acceptors (Lipinski definition) is 4. The number of hydroxylamine groups is 1. The predicted octanol–water partition coefficient (Wildman–Crippen LogP) is -2.97. The molecule has 1 aliphatic rings. The summed E-state index contributed by atoms with van der Waals surface area (Å²) in [4.78, 5) is 19.5. The quantitative estimate of drug-likeness (QED) is 0.315. The van der Waals surface area contributed by atoms with Crippen LogP contribution in [-0.4, -0.2) is 11.8 Å². The Morgan fingerprint density at radius 1 is 1.31 bits per heavy atom. The van der Waals surface area contributed by atoms with Gasteiger partial charge in [-0.15, -0.1) is 6.26 Å². The Hall–Kier alpha value is -1.30. The maximum absolute atomic E-state index is 11.0. The standard InChI is InChI=1S/C10H8N2O3.Na/c13-6-8-9(12-15-10(8)14)11-7-4-2-1-3-5-7;/h1-6,13H,(H,11,12);/q;+1/p-1/b8-6-;. The fourth-order valence-electron chi connectivity index (χ4n) is 1.12. The van der Waals surface area contributed by atoms with Crippen LogP contribution in [0.25, 0.3) is 0 Å². The molecule has 1 aliphatic heterocycles. The first-order chi connectivity index (χ1) is 7.31. The molecule has 6 heteroatoms. The van der Waals surface area contributed by atoms with Crippen molar-refractivity contribution in [3.05, 3.63) is 42.2 Å². The van der Waals surface area contributed by atoms with Crippen molar-refractivity contribution >= 4 is 17.5 Å². The molecule has 5 nitrogen and oxygen atoms in total. The summed E-state index contributed by atoms with van der Waals surface area (Å²) in [5.74, 6) is -0.569. The zero-order valence-electron chi connectivity index (χ0n) is 8.64. The van der Waals surface area contributed by atoms with E-state index in [4.69, 9.17) is 0 Å². The first-order valence-corrected chi connectivity index (χ1v) is 4.24. The summed E-state index contributed by atoms with van der Waals surface area (Å²) in [5, 5.41) is 10.6. The topological polar surface area (TPSA) is 73.8 Å². The van der Waals surface area contributed by atoms with Gasteiger partial charge in [-0.25, -0.2) is 9.79 Å². The SMILES string of the molecule is O=C1ONC(=Nc2ccccc2)/C1=C/[O-].[Na+]. The van der Waals surface area contributed by atoms with Crippen molar-refractivity contribution in [2.75, 3.05) is 0 Å². The molecule has 1 aromatic carbocycles. The fraction of sp³-hybridized carbons (Fsp3) is 0. The first-order valence-electron chi connectivity index (χ1n) is 4.24. The van der Waals surface area contributed by atoms with Crippen molar-refractivity contribution in [2.24, 2.45) is 4.99 Å². The number of carbonyl (C=O) groups excluding carboxylic acids is 1. The number of nitrogens with zero attached hydrogens (tertiary/aromatic N) is 1. The average molecular weight is 226 g/mol. The molecule has 1 N–H and O–H groups in total. The van der Waals surface area contributed by atoms with E-state index in [1.54, 1.807) is 24.3 Å². The Balaban J connectivity index is 0.00000128. The molecule has 0 aromatic heterocycles. The molecule has 1 fully saturated rings. The Morgan fingerprint density at radius 3 is 2.62 bits per heavy atom. The van der Waals surface area contributed by atoms with E-state index in [9.17, 15) is 9.90 Å². The van der Waals surface area contributed by atoms with E-state index in [0.717, 1.165) is 0 Å². The summed E-state index contributed by atoms with van der Waals surface area (Å²) < 4.78 is 0. The zero-order chi connectivity index (χ0) is 10.7. The number of carbonyl (C=O) groups is 1. The van der Waals surface area contributed by atoms with Gasteiger partial charge in [-0.1, -0.05) is 18.2 Å². The van der Waals surface area contributed by atoms with Gasteiger partial charge in [-0.3, -0.25) is 0 Å². The molecule has 76 valence electrons. The van der Waals surface area contributed by atoms with E-state index in [2.05, 4.69) is 15.3 Å². The van der Waals surface area contributed by atoms with Crippen LogP contribution in [0.5, 0.6) is 0 Å². The molecule has 1 saturated heterocycles. The maximum Gasteiger partial charge on any atom is 1.00 e. The number of benzene rings is 1. The van der Waals surface area contributed by atoms with Gasteiger partial charge >= 0.3 is 35.5 Å². The van der Waals surface area contributed by atoms with Crippen LogP contribution in [0.1, 0.15) is 0 Å². The molecule has 0 bridgehead atoms. The third-order valence-electron chi connectivity index (χ3n) is 1.83. The van der Waals surface area contributed by atoms with Crippen LogP contribution in [0.3, 0.4) is 0 Å². The van der Waals surface area contributed by atoms with Gasteiger partial charge in [-0.05, 0) is 12.1 Å². The molecule has 0 unspecified atom stereocenters. The van der Waals surface area contributed by atoms with E-state index >= 15 is 0 Å². The second-order valence-electron chi connectivity index (χ2n) is 2.82. The zero-order valence-corrected chi connectivity index (χ0v) is 10.6. The summed E-state index contributed by atoms with van der Waals surface area (Å²) in [6.45, 7) is 0. The van der Waals surface area contributed by atoms with Crippen LogP contribution in [0.4, 0.5) is 5.69 Å². The first kappa shape index (κ1) is 12.8. The van der Waals surface area contributed by atoms with Crippen molar-refractivity contribution in [1.82, 2.24) is 5.48 Å². The molecule has 2 rings (SSSR count). The largest absolute Gasteiger partial charge is 1.00 e. The Bertz CT molecular complexity index is 443. The molecule has 0 atom stereocenters. The van der Waals surface area contributed by atoms with Gasteiger partial charge in [0.1, 0.15) is 0 Å². The van der Waals surface area contributed by atoms with E-state index < -0.39 is 5.97 Å². The summed E-state index contributed by atoms with van der Waals surface area (Å²) in [6, 6.07) is 8.95. The van der Waals surface area contributed by atoms with Crippen molar-refractivity contribution < 1.29 is 44.3 Å². The minimum atomic E-state index is -0.709.